The number of rotatable bonds is 5. The Morgan fingerprint density at radius 3 is 2.42 bits per heavy atom. The first-order valence-electron chi connectivity index (χ1n) is 10.1. The number of nitrogens with one attached hydrogen (secondary N) is 1. The van der Waals surface area contributed by atoms with Gasteiger partial charge in [-0.3, -0.25) is 19.3 Å². The van der Waals surface area contributed by atoms with Crippen LogP contribution >= 0.6 is 0 Å². The molecule has 0 unspecified atom stereocenters. The second-order valence-corrected chi connectivity index (χ2v) is 7.73. The molecule has 1 aliphatic heterocycles. The topological polar surface area (TPSA) is 84.9 Å². The number of hydrogen-bond donors (Lipinski definition) is 1. The lowest BCUT2D eigenvalue weighted by molar-refractivity contribution is -0.122. The highest BCUT2D eigenvalue weighted by Crippen LogP contribution is 2.40. The number of ether oxygens (including phenoxy) is 2. The number of carbonyl (C=O) groups excluding carboxylic acids is 3. The zero-order valence-electron chi connectivity index (χ0n) is 17.6. The Bertz CT molecular complexity index is 1060. The van der Waals surface area contributed by atoms with Crippen molar-refractivity contribution in [2.45, 2.75) is 13.3 Å². The van der Waals surface area contributed by atoms with Crippen molar-refractivity contribution < 1.29 is 23.9 Å². The molecule has 7 heteroatoms. The Balaban J connectivity index is 1.52. The fourth-order valence-corrected chi connectivity index (χ4v) is 4.26. The smallest absolute Gasteiger partial charge is 0.255 e. The molecule has 7 nitrogen and oxygen atoms in total. The number of fused-ring (bicyclic) bond motifs is 1. The summed E-state index contributed by atoms with van der Waals surface area (Å²) in [5, 5.41) is 2.81. The van der Waals surface area contributed by atoms with E-state index in [-0.39, 0.29) is 35.5 Å². The summed E-state index contributed by atoms with van der Waals surface area (Å²) in [4.78, 5) is 39.7. The lowest BCUT2D eigenvalue weighted by Crippen LogP contribution is -2.31. The van der Waals surface area contributed by atoms with Gasteiger partial charge in [-0.05, 0) is 48.7 Å². The molecule has 0 radical (unpaired) electrons. The lowest BCUT2D eigenvalue weighted by atomic mass is 9.78. The molecule has 1 fully saturated rings. The molecular formula is C24H24N2O5. The number of hydrogen-bond acceptors (Lipinski definition) is 5. The van der Waals surface area contributed by atoms with Crippen LogP contribution in [0.15, 0.2) is 54.6 Å². The summed E-state index contributed by atoms with van der Waals surface area (Å²) >= 11 is 0. The van der Waals surface area contributed by atoms with Crippen LogP contribution in [-0.2, 0) is 9.59 Å². The number of anilines is 2. The van der Waals surface area contributed by atoms with Crippen molar-refractivity contribution in [3.63, 3.8) is 0 Å². The van der Waals surface area contributed by atoms with E-state index in [1.54, 1.807) is 49.6 Å². The summed E-state index contributed by atoms with van der Waals surface area (Å²) in [6.45, 7) is 1.96. The third kappa shape index (κ3) is 3.67. The normalized spacial score (nSPS) is 22.3. The molecule has 0 saturated carbocycles. The molecule has 1 saturated heterocycles. The quantitative estimate of drug-likeness (QED) is 0.589. The molecule has 0 spiro atoms. The molecule has 0 bridgehead atoms. The number of nitrogens with zero attached hydrogens (tertiary/aromatic N) is 1. The van der Waals surface area contributed by atoms with E-state index in [9.17, 15) is 14.4 Å². The van der Waals surface area contributed by atoms with Crippen molar-refractivity contribution in [1.82, 2.24) is 0 Å². The summed E-state index contributed by atoms with van der Waals surface area (Å²) in [6.07, 6.45) is 4.55. The van der Waals surface area contributed by atoms with Gasteiger partial charge in [0.15, 0.2) is 0 Å². The average Bonchev–Trinajstić information content (AvgIpc) is 3.05. The fourth-order valence-electron chi connectivity index (χ4n) is 4.26. The van der Waals surface area contributed by atoms with Gasteiger partial charge in [0, 0.05) is 11.6 Å². The van der Waals surface area contributed by atoms with E-state index in [0.717, 1.165) is 0 Å². The van der Waals surface area contributed by atoms with E-state index in [1.165, 1.54) is 12.0 Å². The minimum Gasteiger partial charge on any atom is -0.497 e. The number of amides is 3. The molecule has 2 aromatic carbocycles. The highest BCUT2D eigenvalue weighted by Gasteiger charge is 2.50. The average molecular weight is 420 g/mol. The molecule has 4 rings (SSSR count). The maximum Gasteiger partial charge on any atom is 0.255 e. The van der Waals surface area contributed by atoms with Crippen LogP contribution in [0.1, 0.15) is 23.7 Å². The zero-order chi connectivity index (χ0) is 22.1. The largest absolute Gasteiger partial charge is 0.497 e. The van der Waals surface area contributed by atoms with Gasteiger partial charge in [-0.1, -0.05) is 19.1 Å². The maximum absolute atomic E-state index is 12.9. The van der Waals surface area contributed by atoms with Crippen molar-refractivity contribution >= 4 is 29.1 Å². The molecule has 1 heterocycles. The Kier molecular flexibility index (Phi) is 5.50. The predicted octanol–water partition coefficient (Wildman–Crippen LogP) is 3.66. The highest BCUT2D eigenvalue weighted by atomic mass is 16.5. The van der Waals surface area contributed by atoms with Crippen molar-refractivity contribution in [1.29, 1.82) is 0 Å². The van der Waals surface area contributed by atoms with Crippen molar-refractivity contribution in [2.24, 2.45) is 17.8 Å². The second kappa shape index (κ2) is 8.26. The molecule has 1 N–H and O–H groups in total. The van der Waals surface area contributed by atoms with Gasteiger partial charge in [0.25, 0.3) is 5.91 Å². The van der Waals surface area contributed by atoms with Gasteiger partial charge in [-0.25, -0.2) is 0 Å². The zero-order valence-corrected chi connectivity index (χ0v) is 17.6. The van der Waals surface area contributed by atoms with Gasteiger partial charge in [0.1, 0.15) is 11.5 Å². The van der Waals surface area contributed by atoms with Gasteiger partial charge in [0.05, 0.1) is 37.4 Å². The van der Waals surface area contributed by atoms with Crippen LogP contribution in [0.25, 0.3) is 0 Å². The van der Waals surface area contributed by atoms with Gasteiger partial charge in [-0.15, -0.1) is 0 Å². The van der Waals surface area contributed by atoms with Crippen molar-refractivity contribution in [2.75, 3.05) is 24.4 Å². The molecule has 3 atom stereocenters. The SMILES string of the molecule is COc1ccc(NC(=O)c2ccc(N3C(=O)[C@H]4[C@@H](C)C=CC[C@H]4C3=O)cc2)c(OC)c1. The monoisotopic (exact) mass is 420 g/mol. The Labute approximate surface area is 180 Å². The van der Waals surface area contributed by atoms with Crippen LogP contribution < -0.4 is 19.7 Å². The van der Waals surface area contributed by atoms with E-state index in [1.807, 2.05) is 19.1 Å². The first-order chi connectivity index (χ1) is 14.9. The number of carbonyl (C=O) groups is 3. The minimum atomic E-state index is -0.333. The van der Waals surface area contributed by atoms with Crippen molar-refractivity contribution in [3.8, 4) is 11.5 Å². The second-order valence-electron chi connectivity index (χ2n) is 7.73. The number of benzene rings is 2. The van der Waals surface area contributed by atoms with Gasteiger partial charge >= 0.3 is 0 Å². The molecule has 2 aromatic rings. The van der Waals surface area contributed by atoms with Gasteiger partial charge < -0.3 is 14.8 Å². The summed E-state index contributed by atoms with van der Waals surface area (Å²) in [7, 11) is 3.06. The summed E-state index contributed by atoms with van der Waals surface area (Å²) in [5.41, 5.74) is 1.39. The highest BCUT2D eigenvalue weighted by molar-refractivity contribution is 6.22. The first-order valence-corrected chi connectivity index (χ1v) is 10.1. The van der Waals surface area contributed by atoms with E-state index in [4.69, 9.17) is 9.47 Å². The van der Waals surface area contributed by atoms with E-state index in [0.29, 0.717) is 34.9 Å². The third-order valence-corrected chi connectivity index (χ3v) is 5.92. The van der Waals surface area contributed by atoms with Crippen molar-refractivity contribution in [3.05, 3.63) is 60.2 Å². The van der Waals surface area contributed by atoms with E-state index in [2.05, 4.69) is 5.32 Å². The summed E-state index contributed by atoms with van der Waals surface area (Å²) in [5.74, 6) is -0.183. The fraction of sp³-hybridized carbons (Fsp3) is 0.292. The molecule has 2 aliphatic rings. The third-order valence-electron chi connectivity index (χ3n) is 5.92. The Hall–Kier alpha value is -3.61. The summed E-state index contributed by atoms with van der Waals surface area (Å²) in [6, 6.07) is 11.6. The predicted molar refractivity (Wildman–Crippen MR) is 116 cm³/mol. The van der Waals surface area contributed by atoms with Gasteiger partial charge in [-0.2, -0.15) is 0 Å². The number of allylic oxidation sites excluding steroid dienone is 2. The maximum atomic E-state index is 12.9. The van der Waals surface area contributed by atoms with Gasteiger partial charge in [0.2, 0.25) is 11.8 Å². The van der Waals surface area contributed by atoms with Crippen LogP contribution in [-0.4, -0.2) is 31.9 Å². The lowest BCUT2D eigenvalue weighted by Gasteiger charge is -2.22. The number of imide groups is 1. The van der Waals surface area contributed by atoms with E-state index < -0.39 is 0 Å². The minimum absolute atomic E-state index is 0.0322. The summed E-state index contributed by atoms with van der Waals surface area (Å²) < 4.78 is 10.5. The van der Waals surface area contributed by atoms with Crippen LogP contribution in [0.2, 0.25) is 0 Å². The Morgan fingerprint density at radius 1 is 1.03 bits per heavy atom. The van der Waals surface area contributed by atoms with E-state index >= 15 is 0 Å². The molecule has 1 aliphatic carbocycles. The molecule has 160 valence electrons. The molecule has 3 amide bonds. The molecule has 31 heavy (non-hydrogen) atoms. The van der Waals surface area contributed by atoms with Crippen LogP contribution in [0, 0.1) is 17.8 Å². The van der Waals surface area contributed by atoms with Crippen LogP contribution in [0.4, 0.5) is 11.4 Å². The van der Waals surface area contributed by atoms with Crippen LogP contribution in [0.3, 0.4) is 0 Å². The number of methoxy groups -OCH3 is 2. The first kappa shape index (κ1) is 20.7. The van der Waals surface area contributed by atoms with Crippen LogP contribution in [0.5, 0.6) is 11.5 Å². The molecule has 0 aromatic heterocycles. The standard InChI is InChI=1S/C24H24N2O5/c1-14-5-4-6-18-21(14)24(29)26(23(18)28)16-9-7-15(8-10-16)22(27)25-19-12-11-17(30-2)13-20(19)31-3/h4-5,7-14,18,21H,6H2,1-3H3,(H,25,27)/t14-,18+,21-/m0/s1. The molecular weight excluding hydrogens is 396 g/mol. The Morgan fingerprint density at radius 2 is 1.77 bits per heavy atom.